The number of nitriles is 1. The fourth-order valence-corrected chi connectivity index (χ4v) is 2.18. The zero-order valence-corrected chi connectivity index (χ0v) is 12.6. The predicted octanol–water partition coefficient (Wildman–Crippen LogP) is 3.84. The van der Waals surface area contributed by atoms with Crippen LogP contribution in [0.3, 0.4) is 0 Å². The van der Waals surface area contributed by atoms with E-state index in [0.29, 0.717) is 28.6 Å². The molecule has 0 aromatic heterocycles. The van der Waals surface area contributed by atoms with Gasteiger partial charge in [-0.3, -0.25) is 0 Å². The smallest absolute Gasteiger partial charge is 0.137 e. The van der Waals surface area contributed by atoms with E-state index in [4.69, 9.17) is 26.3 Å². The number of hydrogen-bond acceptors (Lipinski definition) is 4. The van der Waals surface area contributed by atoms with E-state index in [1.54, 1.807) is 26.4 Å². The van der Waals surface area contributed by atoms with Crippen LogP contribution in [0.1, 0.15) is 11.1 Å². The molecule has 0 aliphatic rings. The summed E-state index contributed by atoms with van der Waals surface area (Å²) in [6.45, 7) is 0.602. The molecule has 0 aliphatic carbocycles. The molecule has 2 aromatic carbocycles. The van der Waals surface area contributed by atoms with Gasteiger partial charge in [-0.05, 0) is 35.9 Å². The molecule has 0 atom stereocenters. The van der Waals surface area contributed by atoms with Crippen LogP contribution in [-0.4, -0.2) is 14.2 Å². The van der Waals surface area contributed by atoms with Crippen LogP contribution < -0.4 is 14.8 Å². The lowest BCUT2D eigenvalue weighted by atomic mass is 10.1. The van der Waals surface area contributed by atoms with E-state index in [9.17, 15) is 0 Å². The number of nitrogens with one attached hydrogen (secondary N) is 1. The molecule has 0 fully saturated rings. The van der Waals surface area contributed by atoms with Gasteiger partial charge < -0.3 is 14.8 Å². The van der Waals surface area contributed by atoms with Crippen LogP contribution in [0.2, 0.25) is 5.02 Å². The predicted molar refractivity (Wildman–Crippen MR) is 83.0 cm³/mol. The van der Waals surface area contributed by atoms with E-state index >= 15 is 0 Å². The number of hydrogen-bond donors (Lipinski definition) is 1. The van der Waals surface area contributed by atoms with Crippen molar-refractivity contribution in [3.05, 3.63) is 52.5 Å². The molecular weight excluding hydrogens is 288 g/mol. The average molecular weight is 303 g/mol. The summed E-state index contributed by atoms with van der Waals surface area (Å²) in [6.07, 6.45) is 0. The van der Waals surface area contributed by atoms with Gasteiger partial charge in [-0.25, -0.2) is 0 Å². The molecule has 0 saturated carbocycles. The summed E-state index contributed by atoms with van der Waals surface area (Å²) in [6, 6.07) is 13.1. The van der Waals surface area contributed by atoms with Gasteiger partial charge in [-0.15, -0.1) is 0 Å². The Morgan fingerprint density at radius 3 is 2.48 bits per heavy atom. The molecule has 5 heteroatoms. The Morgan fingerprint density at radius 2 is 1.86 bits per heavy atom. The monoisotopic (exact) mass is 302 g/mol. The largest absolute Gasteiger partial charge is 0.495 e. The van der Waals surface area contributed by atoms with Crippen LogP contribution in [0.25, 0.3) is 0 Å². The highest BCUT2D eigenvalue weighted by molar-refractivity contribution is 6.32. The van der Waals surface area contributed by atoms with Crippen molar-refractivity contribution < 1.29 is 9.47 Å². The molecule has 2 aromatic rings. The maximum absolute atomic E-state index is 8.96. The van der Waals surface area contributed by atoms with Gasteiger partial charge in [0, 0.05) is 12.2 Å². The van der Waals surface area contributed by atoms with Gasteiger partial charge in [0.25, 0.3) is 0 Å². The lowest BCUT2D eigenvalue weighted by Gasteiger charge is -2.10. The lowest BCUT2D eigenvalue weighted by molar-refractivity contribution is 0.413. The minimum Gasteiger partial charge on any atom is -0.495 e. The van der Waals surface area contributed by atoms with Gasteiger partial charge in [0.1, 0.15) is 17.6 Å². The second-order valence-electron chi connectivity index (χ2n) is 4.35. The van der Waals surface area contributed by atoms with Crippen molar-refractivity contribution >= 4 is 17.3 Å². The topological polar surface area (TPSA) is 54.3 Å². The van der Waals surface area contributed by atoms with E-state index in [1.807, 2.05) is 24.3 Å². The third kappa shape index (κ3) is 3.59. The van der Waals surface area contributed by atoms with Crippen molar-refractivity contribution in [3.63, 3.8) is 0 Å². The molecule has 0 radical (unpaired) electrons. The highest BCUT2D eigenvalue weighted by atomic mass is 35.5. The first-order chi connectivity index (χ1) is 10.2. The van der Waals surface area contributed by atoms with Crippen LogP contribution in [-0.2, 0) is 6.54 Å². The molecule has 108 valence electrons. The molecule has 0 unspecified atom stereocenters. The van der Waals surface area contributed by atoms with Crippen LogP contribution >= 0.6 is 11.6 Å². The number of methoxy groups -OCH3 is 2. The van der Waals surface area contributed by atoms with Gasteiger partial charge in [-0.1, -0.05) is 17.7 Å². The summed E-state index contributed by atoms with van der Waals surface area (Å²) in [4.78, 5) is 0. The third-order valence-corrected chi connectivity index (χ3v) is 3.33. The molecule has 0 spiro atoms. The van der Waals surface area contributed by atoms with Gasteiger partial charge in [-0.2, -0.15) is 5.26 Å². The molecule has 0 amide bonds. The van der Waals surface area contributed by atoms with Crippen LogP contribution in [0.5, 0.6) is 11.5 Å². The van der Waals surface area contributed by atoms with Crippen molar-refractivity contribution in [1.29, 1.82) is 5.26 Å². The second kappa shape index (κ2) is 6.87. The number of rotatable bonds is 5. The van der Waals surface area contributed by atoms with Crippen LogP contribution in [0, 0.1) is 11.3 Å². The summed E-state index contributed by atoms with van der Waals surface area (Å²) in [5.41, 5.74) is 2.43. The molecule has 0 heterocycles. The zero-order valence-electron chi connectivity index (χ0n) is 11.8. The molecule has 0 aliphatic heterocycles. The van der Waals surface area contributed by atoms with E-state index in [2.05, 4.69) is 11.4 Å². The first-order valence-corrected chi connectivity index (χ1v) is 6.70. The first kappa shape index (κ1) is 15.0. The van der Waals surface area contributed by atoms with Gasteiger partial charge in [0.05, 0.1) is 24.8 Å². The van der Waals surface area contributed by atoms with E-state index in [-0.39, 0.29) is 0 Å². The Balaban J connectivity index is 2.10. The SMILES string of the molecule is COc1ccc(NCc2ccc(C#N)c(OC)c2)cc1Cl. The Labute approximate surface area is 128 Å². The normalized spacial score (nSPS) is 9.81. The summed E-state index contributed by atoms with van der Waals surface area (Å²) in [5, 5.41) is 12.8. The number of benzene rings is 2. The fourth-order valence-electron chi connectivity index (χ4n) is 1.92. The molecular formula is C16H15ClN2O2. The van der Waals surface area contributed by atoms with Crippen molar-refractivity contribution in [2.24, 2.45) is 0 Å². The van der Waals surface area contributed by atoms with Gasteiger partial charge in [0.2, 0.25) is 0 Å². The Kier molecular flexibility index (Phi) is 4.91. The van der Waals surface area contributed by atoms with Crippen molar-refractivity contribution in [1.82, 2.24) is 0 Å². The number of nitrogens with zero attached hydrogens (tertiary/aromatic N) is 1. The summed E-state index contributed by atoms with van der Waals surface area (Å²) in [5.74, 6) is 1.21. The van der Waals surface area contributed by atoms with Gasteiger partial charge >= 0.3 is 0 Å². The average Bonchev–Trinajstić information content (AvgIpc) is 2.52. The second-order valence-corrected chi connectivity index (χ2v) is 4.76. The maximum Gasteiger partial charge on any atom is 0.137 e. The first-order valence-electron chi connectivity index (χ1n) is 6.32. The Morgan fingerprint density at radius 1 is 1.10 bits per heavy atom. The quantitative estimate of drug-likeness (QED) is 0.911. The van der Waals surface area contributed by atoms with E-state index < -0.39 is 0 Å². The maximum atomic E-state index is 8.96. The zero-order chi connectivity index (χ0) is 15.2. The Bertz CT molecular complexity index is 680. The highest BCUT2D eigenvalue weighted by Gasteiger charge is 2.05. The summed E-state index contributed by atoms with van der Waals surface area (Å²) < 4.78 is 10.3. The molecule has 4 nitrogen and oxygen atoms in total. The standard InChI is InChI=1S/C16H15ClN2O2/c1-20-15-6-5-13(8-14(15)17)19-10-11-3-4-12(9-18)16(7-11)21-2/h3-8,19H,10H2,1-2H3. The summed E-state index contributed by atoms with van der Waals surface area (Å²) >= 11 is 6.08. The van der Waals surface area contributed by atoms with Gasteiger partial charge in [0.15, 0.2) is 0 Å². The van der Waals surface area contributed by atoms with E-state index in [1.165, 1.54) is 0 Å². The third-order valence-electron chi connectivity index (χ3n) is 3.03. The molecule has 0 saturated heterocycles. The minimum atomic E-state index is 0.522. The van der Waals surface area contributed by atoms with Crippen molar-refractivity contribution in [3.8, 4) is 17.6 Å². The van der Waals surface area contributed by atoms with Crippen LogP contribution in [0.15, 0.2) is 36.4 Å². The van der Waals surface area contributed by atoms with Crippen LogP contribution in [0.4, 0.5) is 5.69 Å². The number of anilines is 1. The molecule has 0 bridgehead atoms. The van der Waals surface area contributed by atoms with E-state index in [0.717, 1.165) is 11.3 Å². The lowest BCUT2D eigenvalue weighted by Crippen LogP contribution is -2.00. The van der Waals surface area contributed by atoms with Crippen molar-refractivity contribution in [2.75, 3.05) is 19.5 Å². The fraction of sp³-hybridized carbons (Fsp3) is 0.188. The van der Waals surface area contributed by atoms with Crippen molar-refractivity contribution in [2.45, 2.75) is 6.54 Å². The Hall–Kier alpha value is -2.38. The number of halogens is 1. The minimum absolute atomic E-state index is 0.522. The number of ether oxygens (including phenoxy) is 2. The summed E-state index contributed by atoms with van der Waals surface area (Å²) in [7, 11) is 3.13. The highest BCUT2D eigenvalue weighted by Crippen LogP contribution is 2.27. The molecule has 1 N–H and O–H groups in total. The molecule has 21 heavy (non-hydrogen) atoms. The molecule has 2 rings (SSSR count).